The van der Waals surface area contributed by atoms with E-state index in [2.05, 4.69) is 10.3 Å². The Bertz CT molecular complexity index is 436. The summed E-state index contributed by atoms with van der Waals surface area (Å²) >= 11 is 0. The molecule has 7 heteroatoms. The molecular weight excluding hydrogens is 223 g/mol. The normalized spacial score (nSPS) is 10.6. The Balaban J connectivity index is 2.91. The Morgan fingerprint density at radius 2 is 2.19 bits per heavy atom. The average Bonchev–Trinajstić information content (AvgIpc) is 2.25. The lowest BCUT2D eigenvalue weighted by Gasteiger charge is -2.06. The number of alkyl halides is 3. The standard InChI is InChI=1S/C9H6F3N3O/c10-9(11,12)7-3-1-2-6(15-7)8(16)14-5-4-13/h1-3H,5H2,(H,14,16). The zero-order chi connectivity index (χ0) is 12.2. The van der Waals surface area contributed by atoms with Crippen molar-refractivity contribution < 1.29 is 18.0 Å². The topological polar surface area (TPSA) is 65.8 Å². The summed E-state index contributed by atoms with van der Waals surface area (Å²) in [5.41, 5.74) is -1.51. The molecule has 0 spiro atoms. The van der Waals surface area contributed by atoms with Crippen molar-refractivity contribution in [1.29, 1.82) is 5.26 Å². The van der Waals surface area contributed by atoms with Gasteiger partial charge in [-0.3, -0.25) is 4.79 Å². The Morgan fingerprint density at radius 3 is 2.75 bits per heavy atom. The molecule has 0 unspecified atom stereocenters. The lowest BCUT2D eigenvalue weighted by molar-refractivity contribution is -0.141. The number of amides is 1. The number of halogens is 3. The smallest absolute Gasteiger partial charge is 0.338 e. The van der Waals surface area contributed by atoms with E-state index in [1.165, 1.54) is 0 Å². The quantitative estimate of drug-likeness (QED) is 0.778. The van der Waals surface area contributed by atoms with Crippen LogP contribution in [-0.4, -0.2) is 17.4 Å². The molecule has 1 N–H and O–H groups in total. The first-order valence-corrected chi connectivity index (χ1v) is 4.14. The number of nitrogens with one attached hydrogen (secondary N) is 1. The van der Waals surface area contributed by atoms with Gasteiger partial charge in [-0.05, 0) is 12.1 Å². The van der Waals surface area contributed by atoms with Crippen molar-refractivity contribution in [3.8, 4) is 6.07 Å². The van der Waals surface area contributed by atoms with Crippen LogP contribution in [0.25, 0.3) is 0 Å². The van der Waals surface area contributed by atoms with E-state index in [0.29, 0.717) is 0 Å². The minimum atomic E-state index is -4.59. The van der Waals surface area contributed by atoms with E-state index in [-0.39, 0.29) is 12.2 Å². The van der Waals surface area contributed by atoms with Gasteiger partial charge in [0.25, 0.3) is 5.91 Å². The maximum atomic E-state index is 12.2. The van der Waals surface area contributed by atoms with E-state index in [0.717, 1.165) is 18.2 Å². The molecule has 1 aromatic heterocycles. The van der Waals surface area contributed by atoms with E-state index < -0.39 is 17.8 Å². The first-order valence-electron chi connectivity index (χ1n) is 4.14. The van der Waals surface area contributed by atoms with Crippen LogP contribution in [0.1, 0.15) is 16.2 Å². The maximum absolute atomic E-state index is 12.2. The Hall–Kier alpha value is -2.10. The molecule has 0 saturated carbocycles. The number of nitrogens with zero attached hydrogens (tertiary/aromatic N) is 2. The van der Waals surface area contributed by atoms with Crippen LogP contribution in [0, 0.1) is 11.3 Å². The number of carbonyl (C=O) groups excluding carboxylic acids is 1. The molecule has 0 aromatic carbocycles. The van der Waals surface area contributed by atoms with Gasteiger partial charge in [0, 0.05) is 0 Å². The molecule has 0 bridgehead atoms. The van der Waals surface area contributed by atoms with Crippen molar-refractivity contribution in [1.82, 2.24) is 10.3 Å². The first-order chi connectivity index (χ1) is 7.45. The summed E-state index contributed by atoms with van der Waals surface area (Å²) < 4.78 is 36.7. The summed E-state index contributed by atoms with van der Waals surface area (Å²) in [4.78, 5) is 14.3. The minimum Gasteiger partial charge on any atom is -0.338 e. The van der Waals surface area contributed by atoms with E-state index >= 15 is 0 Å². The van der Waals surface area contributed by atoms with E-state index in [1.807, 2.05) is 0 Å². The first kappa shape index (κ1) is 12.0. The Kier molecular flexibility index (Phi) is 3.45. The fourth-order valence-corrected chi connectivity index (χ4v) is 0.929. The molecule has 0 aliphatic heterocycles. The van der Waals surface area contributed by atoms with Crippen molar-refractivity contribution in [3.63, 3.8) is 0 Å². The van der Waals surface area contributed by atoms with Crippen LogP contribution in [0.15, 0.2) is 18.2 Å². The highest BCUT2D eigenvalue weighted by Gasteiger charge is 2.32. The molecule has 0 fully saturated rings. The largest absolute Gasteiger partial charge is 0.433 e. The highest BCUT2D eigenvalue weighted by Crippen LogP contribution is 2.27. The molecule has 0 aliphatic rings. The van der Waals surface area contributed by atoms with Gasteiger partial charge in [-0.15, -0.1) is 0 Å². The van der Waals surface area contributed by atoms with Crippen LogP contribution in [0.4, 0.5) is 13.2 Å². The van der Waals surface area contributed by atoms with Crippen molar-refractivity contribution in [2.75, 3.05) is 6.54 Å². The third kappa shape index (κ3) is 2.95. The third-order valence-electron chi connectivity index (χ3n) is 1.60. The highest BCUT2D eigenvalue weighted by atomic mass is 19.4. The molecule has 0 aliphatic carbocycles. The fourth-order valence-electron chi connectivity index (χ4n) is 0.929. The molecule has 4 nitrogen and oxygen atoms in total. The van der Waals surface area contributed by atoms with Crippen molar-refractivity contribution in [3.05, 3.63) is 29.6 Å². The van der Waals surface area contributed by atoms with E-state index in [4.69, 9.17) is 5.26 Å². The van der Waals surface area contributed by atoms with Crippen molar-refractivity contribution in [2.24, 2.45) is 0 Å². The SMILES string of the molecule is N#CCNC(=O)c1cccc(C(F)(F)F)n1. The zero-order valence-corrected chi connectivity index (χ0v) is 7.88. The summed E-state index contributed by atoms with van der Waals surface area (Å²) in [6.45, 7) is -0.281. The zero-order valence-electron chi connectivity index (χ0n) is 7.88. The maximum Gasteiger partial charge on any atom is 0.433 e. The summed E-state index contributed by atoms with van der Waals surface area (Å²) in [7, 11) is 0. The van der Waals surface area contributed by atoms with Gasteiger partial charge in [-0.1, -0.05) is 6.07 Å². The summed E-state index contributed by atoms with van der Waals surface area (Å²) in [6, 6.07) is 4.62. The second kappa shape index (κ2) is 4.61. The summed E-state index contributed by atoms with van der Waals surface area (Å²) in [5.74, 6) is -0.812. The third-order valence-corrected chi connectivity index (χ3v) is 1.60. The molecule has 84 valence electrons. The molecule has 1 aromatic rings. The second-order valence-corrected chi connectivity index (χ2v) is 2.75. The Morgan fingerprint density at radius 1 is 1.50 bits per heavy atom. The van der Waals surface area contributed by atoms with Crippen LogP contribution in [0.2, 0.25) is 0 Å². The van der Waals surface area contributed by atoms with Gasteiger partial charge in [-0.2, -0.15) is 18.4 Å². The molecular formula is C9H6F3N3O. The number of hydrogen-bond acceptors (Lipinski definition) is 3. The van der Waals surface area contributed by atoms with Gasteiger partial charge in [0.15, 0.2) is 0 Å². The van der Waals surface area contributed by atoms with Crippen molar-refractivity contribution in [2.45, 2.75) is 6.18 Å². The van der Waals surface area contributed by atoms with Crippen LogP contribution >= 0.6 is 0 Å². The summed E-state index contributed by atoms with van der Waals surface area (Å²) in [6.07, 6.45) is -4.59. The lowest BCUT2D eigenvalue weighted by Crippen LogP contribution is -2.25. The fraction of sp³-hybridized carbons (Fsp3) is 0.222. The number of hydrogen-bond donors (Lipinski definition) is 1. The van der Waals surface area contributed by atoms with Crippen LogP contribution in [-0.2, 0) is 6.18 Å². The monoisotopic (exact) mass is 229 g/mol. The molecule has 0 atom stereocenters. The van der Waals surface area contributed by atoms with Gasteiger partial charge in [0.05, 0.1) is 6.07 Å². The number of rotatable bonds is 2. The van der Waals surface area contributed by atoms with Gasteiger partial charge in [-0.25, -0.2) is 4.98 Å². The van der Waals surface area contributed by atoms with Crippen LogP contribution in [0.5, 0.6) is 0 Å². The number of pyridine rings is 1. The highest BCUT2D eigenvalue weighted by molar-refractivity contribution is 5.92. The number of carbonyl (C=O) groups is 1. The molecule has 0 radical (unpaired) electrons. The molecule has 16 heavy (non-hydrogen) atoms. The summed E-state index contributed by atoms with van der Waals surface area (Å²) in [5, 5.41) is 10.3. The average molecular weight is 229 g/mol. The molecule has 1 rings (SSSR count). The Labute approximate surface area is 88.7 Å². The van der Waals surface area contributed by atoms with E-state index in [1.54, 1.807) is 6.07 Å². The molecule has 0 saturated heterocycles. The number of nitriles is 1. The van der Waals surface area contributed by atoms with Crippen molar-refractivity contribution >= 4 is 5.91 Å². The van der Waals surface area contributed by atoms with Gasteiger partial charge >= 0.3 is 6.18 Å². The van der Waals surface area contributed by atoms with Crippen LogP contribution < -0.4 is 5.32 Å². The van der Waals surface area contributed by atoms with Gasteiger partial charge in [0.2, 0.25) is 0 Å². The molecule has 1 heterocycles. The van der Waals surface area contributed by atoms with Gasteiger partial charge < -0.3 is 5.32 Å². The van der Waals surface area contributed by atoms with E-state index in [9.17, 15) is 18.0 Å². The van der Waals surface area contributed by atoms with Gasteiger partial charge in [0.1, 0.15) is 17.9 Å². The number of aromatic nitrogens is 1. The second-order valence-electron chi connectivity index (χ2n) is 2.75. The lowest BCUT2D eigenvalue weighted by atomic mass is 10.3. The van der Waals surface area contributed by atoms with Crippen LogP contribution in [0.3, 0.4) is 0 Å². The minimum absolute atomic E-state index is 0.281. The molecule has 1 amide bonds. The predicted octanol–water partition coefficient (Wildman–Crippen LogP) is 1.35. The predicted molar refractivity (Wildman–Crippen MR) is 47.2 cm³/mol.